The Labute approximate surface area is 92.2 Å². The van der Waals surface area contributed by atoms with Crippen LogP contribution in [0, 0.1) is 11.3 Å². The van der Waals surface area contributed by atoms with Gasteiger partial charge in [0.1, 0.15) is 5.78 Å². The lowest BCUT2D eigenvalue weighted by molar-refractivity contribution is -0.151. The molecule has 0 aromatic carbocycles. The first kappa shape index (κ1) is 14.1. The van der Waals surface area contributed by atoms with Crippen LogP contribution >= 0.6 is 0 Å². The van der Waals surface area contributed by atoms with Gasteiger partial charge >= 0.3 is 5.97 Å². The first-order chi connectivity index (χ1) is 6.85. The second-order valence-corrected chi connectivity index (χ2v) is 4.64. The van der Waals surface area contributed by atoms with Crippen LogP contribution in [0.1, 0.15) is 47.0 Å². The minimum Gasteiger partial charge on any atom is -0.469 e. The number of hydrogen-bond acceptors (Lipinski definition) is 3. The smallest absolute Gasteiger partial charge is 0.311 e. The highest BCUT2D eigenvalue weighted by Gasteiger charge is 2.29. The van der Waals surface area contributed by atoms with Gasteiger partial charge in [-0.25, -0.2) is 0 Å². The zero-order valence-electron chi connectivity index (χ0n) is 10.4. The quantitative estimate of drug-likeness (QED) is 0.638. The second-order valence-electron chi connectivity index (χ2n) is 4.64. The molecule has 0 bridgehead atoms. The average Bonchev–Trinajstić information content (AvgIpc) is 2.23. The topological polar surface area (TPSA) is 43.4 Å². The van der Waals surface area contributed by atoms with Gasteiger partial charge in [0.15, 0.2) is 0 Å². The fourth-order valence-corrected chi connectivity index (χ4v) is 1.47. The summed E-state index contributed by atoms with van der Waals surface area (Å²) in [4.78, 5) is 22.7. The Bertz CT molecular complexity index is 231. The second kappa shape index (κ2) is 5.89. The highest BCUT2D eigenvalue weighted by Crippen LogP contribution is 2.26. The maximum Gasteiger partial charge on any atom is 0.311 e. The van der Waals surface area contributed by atoms with Crippen molar-refractivity contribution in [3.63, 3.8) is 0 Å². The molecule has 88 valence electrons. The van der Waals surface area contributed by atoms with Gasteiger partial charge in [0.05, 0.1) is 12.5 Å². The van der Waals surface area contributed by atoms with Gasteiger partial charge in [0.2, 0.25) is 0 Å². The maximum atomic E-state index is 11.4. The Hall–Kier alpha value is -0.860. The largest absolute Gasteiger partial charge is 0.469 e. The molecule has 3 nitrogen and oxygen atoms in total. The molecular weight excluding hydrogens is 192 g/mol. The van der Waals surface area contributed by atoms with Crippen molar-refractivity contribution >= 4 is 11.8 Å². The third kappa shape index (κ3) is 4.45. The van der Waals surface area contributed by atoms with Crippen LogP contribution in [-0.4, -0.2) is 18.9 Å². The number of hydrogen-bond donors (Lipinski definition) is 0. The minimum atomic E-state index is -0.489. The van der Waals surface area contributed by atoms with Crippen molar-refractivity contribution in [2.24, 2.45) is 11.3 Å². The molecule has 15 heavy (non-hydrogen) atoms. The number of Topliss-reactive ketones (excluding diaryl/α,β-unsaturated/α-hetero) is 1. The highest BCUT2D eigenvalue weighted by atomic mass is 16.5. The molecule has 0 aliphatic heterocycles. The molecule has 0 amide bonds. The molecule has 3 heteroatoms. The van der Waals surface area contributed by atoms with E-state index in [9.17, 15) is 9.59 Å². The molecule has 0 N–H and O–H groups in total. The molecule has 0 heterocycles. The van der Waals surface area contributed by atoms with Gasteiger partial charge in [-0.3, -0.25) is 9.59 Å². The van der Waals surface area contributed by atoms with E-state index in [4.69, 9.17) is 4.74 Å². The van der Waals surface area contributed by atoms with Crippen molar-refractivity contribution in [2.45, 2.75) is 47.0 Å². The van der Waals surface area contributed by atoms with Gasteiger partial charge in [-0.1, -0.05) is 13.8 Å². The van der Waals surface area contributed by atoms with E-state index in [1.165, 1.54) is 7.11 Å². The number of ether oxygens (including phenoxy) is 1. The van der Waals surface area contributed by atoms with Crippen molar-refractivity contribution in [3.05, 3.63) is 0 Å². The molecule has 0 aliphatic rings. The standard InChI is InChI=1S/C12H22O3/c1-6-10(13)9(2)7-8-12(3,4)11(14)15-5/h9H,6-8H2,1-5H3. The van der Waals surface area contributed by atoms with E-state index in [1.54, 1.807) is 0 Å². The lowest BCUT2D eigenvalue weighted by Gasteiger charge is -2.22. The minimum absolute atomic E-state index is 0.0407. The van der Waals surface area contributed by atoms with Gasteiger partial charge in [-0.05, 0) is 26.7 Å². The Morgan fingerprint density at radius 2 is 1.87 bits per heavy atom. The van der Waals surface area contributed by atoms with Crippen LogP contribution < -0.4 is 0 Å². The van der Waals surface area contributed by atoms with E-state index < -0.39 is 5.41 Å². The van der Waals surface area contributed by atoms with Crippen LogP contribution in [0.5, 0.6) is 0 Å². The van der Waals surface area contributed by atoms with Crippen molar-refractivity contribution in [3.8, 4) is 0 Å². The molecule has 0 aromatic heterocycles. The highest BCUT2D eigenvalue weighted by molar-refractivity contribution is 5.80. The molecule has 0 aromatic rings. The van der Waals surface area contributed by atoms with Crippen molar-refractivity contribution < 1.29 is 14.3 Å². The number of carbonyl (C=O) groups excluding carboxylic acids is 2. The summed E-state index contributed by atoms with van der Waals surface area (Å²) in [6, 6.07) is 0. The first-order valence-electron chi connectivity index (χ1n) is 5.46. The average molecular weight is 214 g/mol. The van der Waals surface area contributed by atoms with Crippen molar-refractivity contribution in [2.75, 3.05) is 7.11 Å². The van der Waals surface area contributed by atoms with Gasteiger partial charge < -0.3 is 4.74 Å². The van der Waals surface area contributed by atoms with Gasteiger partial charge in [0.25, 0.3) is 0 Å². The molecule has 0 saturated carbocycles. The molecule has 1 atom stereocenters. The van der Waals surface area contributed by atoms with Crippen LogP contribution in [0.25, 0.3) is 0 Å². The number of methoxy groups -OCH3 is 1. The predicted octanol–water partition coefficient (Wildman–Crippen LogP) is 2.58. The summed E-state index contributed by atoms with van der Waals surface area (Å²) >= 11 is 0. The fourth-order valence-electron chi connectivity index (χ4n) is 1.47. The van der Waals surface area contributed by atoms with E-state index in [1.807, 2.05) is 27.7 Å². The number of ketones is 1. The van der Waals surface area contributed by atoms with E-state index >= 15 is 0 Å². The van der Waals surface area contributed by atoms with E-state index in [-0.39, 0.29) is 17.7 Å². The summed E-state index contributed by atoms with van der Waals surface area (Å²) in [7, 11) is 1.39. The van der Waals surface area contributed by atoms with Gasteiger partial charge in [0, 0.05) is 12.3 Å². The normalized spacial score (nSPS) is 13.4. The molecule has 0 radical (unpaired) electrons. The summed E-state index contributed by atoms with van der Waals surface area (Å²) in [6.07, 6.45) is 2.00. The van der Waals surface area contributed by atoms with Crippen molar-refractivity contribution in [1.82, 2.24) is 0 Å². The molecule has 0 saturated heterocycles. The van der Waals surface area contributed by atoms with E-state index in [0.717, 1.165) is 6.42 Å². The molecule has 0 spiro atoms. The summed E-state index contributed by atoms with van der Waals surface area (Å²) < 4.78 is 4.71. The number of esters is 1. The van der Waals surface area contributed by atoms with E-state index in [2.05, 4.69) is 0 Å². The molecule has 1 unspecified atom stereocenters. The molecular formula is C12H22O3. The Morgan fingerprint density at radius 3 is 2.27 bits per heavy atom. The van der Waals surface area contributed by atoms with Crippen LogP contribution in [0.3, 0.4) is 0 Å². The summed E-state index contributed by atoms with van der Waals surface area (Å²) in [5, 5.41) is 0. The Balaban J connectivity index is 4.14. The van der Waals surface area contributed by atoms with Gasteiger partial charge in [-0.15, -0.1) is 0 Å². The first-order valence-corrected chi connectivity index (χ1v) is 5.46. The third-order valence-electron chi connectivity index (χ3n) is 2.84. The molecule has 0 fully saturated rings. The third-order valence-corrected chi connectivity index (χ3v) is 2.84. The number of carbonyl (C=O) groups is 2. The monoisotopic (exact) mass is 214 g/mol. The van der Waals surface area contributed by atoms with Crippen LogP contribution in [0.15, 0.2) is 0 Å². The molecule has 0 aliphatic carbocycles. The zero-order valence-corrected chi connectivity index (χ0v) is 10.4. The van der Waals surface area contributed by atoms with Crippen molar-refractivity contribution in [1.29, 1.82) is 0 Å². The van der Waals surface area contributed by atoms with E-state index in [0.29, 0.717) is 12.8 Å². The fraction of sp³-hybridized carbons (Fsp3) is 0.833. The summed E-state index contributed by atoms with van der Waals surface area (Å²) in [5.74, 6) is 0.0910. The number of rotatable bonds is 6. The molecule has 0 rings (SSSR count). The summed E-state index contributed by atoms with van der Waals surface area (Å²) in [5.41, 5.74) is -0.489. The summed E-state index contributed by atoms with van der Waals surface area (Å²) in [6.45, 7) is 7.48. The maximum absolute atomic E-state index is 11.4. The lowest BCUT2D eigenvalue weighted by Crippen LogP contribution is -2.26. The Morgan fingerprint density at radius 1 is 1.33 bits per heavy atom. The van der Waals surface area contributed by atoms with Crippen LogP contribution in [0.4, 0.5) is 0 Å². The predicted molar refractivity (Wildman–Crippen MR) is 59.5 cm³/mol. The Kier molecular flexibility index (Phi) is 5.55. The van der Waals surface area contributed by atoms with Crippen LogP contribution in [-0.2, 0) is 14.3 Å². The van der Waals surface area contributed by atoms with Crippen LogP contribution in [0.2, 0.25) is 0 Å². The lowest BCUT2D eigenvalue weighted by atomic mass is 9.84. The van der Waals surface area contributed by atoms with Gasteiger partial charge in [-0.2, -0.15) is 0 Å². The zero-order chi connectivity index (χ0) is 12.1. The SMILES string of the molecule is CCC(=O)C(C)CCC(C)(C)C(=O)OC.